The van der Waals surface area contributed by atoms with Crippen LogP contribution in [0.25, 0.3) is 0 Å². The highest BCUT2D eigenvalue weighted by Gasteiger charge is 2.18. The molecule has 0 fully saturated rings. The SMILES string of the molecule is CSCC[C@@H](N)C(=O)N(C)Cc1csc(C)n1. The van der Waals surface area contributed by atoms with Gasteiger partial charge in [-0.1, -0.05) is 0 Å². The van der Waals surface area contributed by atoms with Gasteiger partial charge in [-0.2, -0.15) is 11.8 Å². The zero-order valence-electron chi connectivity index (χ0n) is 10.5. The van der Waals surface area contributed by atoms with Crippen molar-refractivity contribution in [3.05, 3.63) is 16.1 Å². The zero-order chi connectivity index (χ0) is 12.8. The number of carbonyl (C=O) groups is 1. The lowest BCUT2D eigenvalue weighted by atomic mass is 10.2. The molecule has 0 saturated heterocycles. The maximum Gasteiger partial charge on any atom is 0.239 e. The number of amides is 1. The quantitative estimate of drug-likeness (QED) is 0.853. The van der Waals surface area contributed by atoms with Gasteiger partial charge in [-0.15, -0.1) is 11.3 Å². The fraction of sp³-hybridized carbons (Fsp3) is 0.636. The van der Waals surface area contributed by atoms with Crippen molar-refractivity contribution in [1.82, 2.24) is 9.88 Å². The van der Waals surface area contributed by atoms with Crippen molar-refractivity contribution < 1.29 is 4.79 Å². The third kappa shape index (κ3) is 4.65. The molecule has 0 bridgehead atoms. The minimum Gasteiger partial charge on any atom is -0.338 e. The zero-order valence-corrected chi connectivity index (χ0v) is 12.1. The minimum absolute atomic E-state index is 0.00953. The number of aromatic nitrogens is 1. The maximum atomic E-state index is 11.9. The van der Waals surface area contributed by atoms with Crippen LogP contribution in [0.5, 0.6) is 0 Å². The van der Waals surface area contributed by atoms with Crippen LogP contribution in [-0.2, 0) is 11.3 Å². The Kier molecular flexibility index (Phi) is 5.94. The lowest BCUT2D eigenvalue weighted by Crippen LogP contribution is -2.41. The van der Waals surface area contributed by atoms with Gasteiger partial charge < -0.3 is 10.6 Å². The first-order valence-corrected chi connectivity index (χ1v) is 7.72. The van der Waals surface area contributed by atoms with Crippen molar-refractivity contribution in [2.75, 3.05) is 19.1 Å². The molecule has 0 spiro atoms. The van der Waals surface area contributed by atoms with Gasteiger partial charge in [0, 0.05) is 12.4 Å². The predicted octanol–water partition coefficient (Wildman–Crippen LogP) is 1.49. The topological polar surface area (TPSA) is 59.2 Å². The van der Waals surface area contributed by atoms with Crippen molar-refractivity contribution in [1.29, 1.82) is 0 Å². The highest BCUT2D eigenvalue weighted by molar-refractivity contribution is 7.98. The van der Waals surface area contributed by atoms with Crippen molar-refractivity contribution in [3.8, 4) is 0 Å². The molecule has 0 saturated carbocycles. The number of likely N-dealkylation sites (N-methyl/N-ethyl adjacent to an activating group) is 1. The molecule has 1 heterocycles. The number of nitrogens with zero attached hydrogens (tertiary/aromatic N) is 2. The summed E-state index contributed by atoms with van der Waals surface area (Å²) in [5.41, 5.74) is 6.77. The second-order valence-electron chi connectivity index (χ2n) is 3.94. The summed E-state index contributed by atoms with van der Waals surface area (Å²) in [5, 5.41) is 3.00. The van der Waals surface area contributed by atoms with Crippen LogP contribution < -0.4 is 5.73 Å². The fourth-order valence-corrected chi connectivity index (χ4v) is 2.55. The lowest BCUT2D eigenvalue weighted by molar-refractivity contribution is -0.131. The van der Waals surface area contributed by atoms with E-state index in [0.29, 0.717) is 6.54 Å². The largest absolute Gasteiger partial charge is 0.338 e. The van der Waals surface area contributed by atoms with E-state index < -0.39 is 6.04 Å². The summed E-state index contributed by atoms with van der Waals surface area (Å²) >= 11 is 3.30. The Morgan fingerprint density at radius 1 is 1.71 bits per heavy atom. The van der Waals surface area contributed by atoms with Crippen molar-refractivity contribution >= 4 is 29.0 Å². The summed E-state index contributed by atoms with van der Waals surface area (Å²) in [7, 11) is 1.77. The van der Waals surface area contributed by atoms with Gasteiger partial charge in [-0.3, -0.25) is 4.79 Å². The summed E-state index contributed by atoms with van der Waals surface area (Å²) in [5.74, 6) is 0.904. The van der Waals surface area contributed by atoms with Gasteiger partial charge in [0.15, 0.2) is 0 Å². The summed E-state index contributed by atoms with van der Waals surface area (Å²) in [6.07, 6.45) is 2.74. The Hall–Kier alpha value is -0.590. The fourth-order valence-electron chi connectivity index (χ4n) is 1.45. The summed E-state index contributed by atoms with van der Waals surface area (Å²) in [6, 6.07) is -0.396. The van der Waals surface area contributed by atoms with E-state index in [2.05, 4.69) is 4.98 Å². The molecule has 4 nitrogen and oxygen atoms in total. The molecular weight excluding hydrogens is 254 g/mol. The predicted molar refractivity (Wildman–Crippen MR) is 74.3 cm³/mol. The molecule has 0 aliphatic carbocycles. The molecule has 6 heteroatoms. The van der Waals surface area contributed by atoms with Gasteiger partial charge in [-0.25, -0.2) is 4.98 Å². The number of rotatable bonds is 6. The van der Waals surface area contributed by atoms with Crippen LogP contribution in [0.3, 0.4) is 0 Å². The molecule has 1 aromatic rings. The number of nitrogens with two attached hydrogens (primary N) is 1. The van der Waals surface area contributed by atoms with Crippen molar-refractivity contribution in [3.63, 3.8) is 0 Å². The maximum absolute atomic E-state index is 11.9. The molecule has 1 aromatic heterocycles. The van der Waals surface area contributed by atoms with Crippen LogP contribution in [0, 0.1) is 6.92 Å². The highest BCUT2D eigenvalue weighted by Crippen LogP contribution is 2.10. The molecular formula is C11H19N3OS2. The summed E-state index contributed by atoms with van der Waals surface area (Å²) in [4.78, 5) is 17.9. The van der Waals surface area contributed by atoms with Crippen LogP contribution >= 0.6 is 23.1 Å². The van der Waals surface area contributed by atoms with E-state index in [4.69, 9.17) is 5.73 Å². The number of carbonyl (C=O) groups excluding carboxylic acids is 1. The van der Waals surface area contributed by atoms with E-state index in [1.54, 1.807) is 35.0 Å². The van der Waals surface area contributed by atoms with E-state index in [1.807, 2.05) is 18.6 Å². The van der Waals surface area contributed by atoms with Gasteiger partial charge in [-0.05, 0) is 25.4 Å². The van der Waals surface area contributed by atoms with Crippen molar-refractivity contribution in [2.45, 2.75) is 25.9 Å². The molecule has 0 aromatic carbocycles. The number of thiazole rings is 1. The molecule has 17 heavy (non-hydrogen) atoms. The number of thioether (sulfide) groups is 1. The van der Waals surface area contributed by atoms with Gasteiger partial charge in [0.25, 0.3) is 0 Å². The Morgan fingerprint density at radius 3 is 2.94 bits per heavy atom. The molecule has 96 valence electrons. The first kappa shape index (κ1) is 14.5. The minimum atomic E-state index is -0.396. The summed E-state index contributed by atoms with van der Waals surface area (Å²) in [6.45, 7) is 2.50. The van der Waals surface area contributed by atoms with Crippen LogP contribution in [0.2, 0.25) is 0 Å². The van der Waals surface area contributed by atoms with Crippen LogP contribution in [0.4, 0.5) is 0 Å². The first-order valence-electron chi connectivity index (χ1n) is 5.45. The molecule has 2 N–H and O–H groups in total. The standard InChI is InChI=1S/C11H19N3OS2/c1-8-13-9(7-17-8)6-14(2)11(15)10(12)4-5-16-3/h7,10H,4-6,12H2,1-3H3/t10-/m1/s1. The van der Waals surface area contributed by atoms with Gasteiger partial charge >= 0.3 is 0 Å². The number of aryl methyl sites for hydroxylation is 1. The Bertz CT molecular complexity index is 367. The van der Waals surface area contributed by atoms with E-state index in [1.165, 1.54) is 0 Å². The molecule has 0 aliphatic heterocycles. The van der Waals surface area contributed by atoms with Crippen LogP contribution in [0.1, 0.15) is 17.1 Å². The van der Waals surface area contributed by atoms with Crippen LogP contribution in [-0.4, -0.2) is 40.9 Å². The van der Waals surface area contributed by atoms with Crippen molar-refractivity contribution in [2.24, 2.45) is 5.73 Å². The first-order chi connectivity index (χ1) is 8.04. The number of hydrogen-bond acceptors (Lipinski definition) is 5. The molecule has 1 rings (SSSR count). The van der Waals surface area contributed by atoms with Crippen LogP contribution in [0.15, 0.2) is 5.38 Å². The second-order valence-corrected chi connectivity index (χ2v) is 5.99. The Morgan fingerprint density at radius 2 is 2.41 bits per heavy atom. The molecule has 0 aliphatic rings. The smallest absolute Gasteiger partial charge is 0.239 e. The number of hydrogen-bond donors (Lipinski definition) is 1. The molecule has 0 radical (unpaired) electrons. The molecule has 0 unspecified atom stereocenters. The second kappa shape index (κ2) is 6.98. The average molecular weight is 273 g/mol. The third-order valence-corrected chi connectivity index (χ3v) is 3.86. The van der Waals surface area contributed by atoms with Gasteiger partial charge in [0.05, 0.1) is 23.3 Å². The Balaban J connectivity index is 2.46. The van der Waals surface area contributed by atoms with E-state index >= 15 is 0 Å². The third-order valence-electron chi connectivity index (χ3n) is 2.39. The normalized spacial score (nSPS) is 12.5. The van der Waals surface area contributed by atoms with E-state index in [-0.39, 0.29) is 5.91 Å². The van der Waals surface area contributed by atoms with Gasteiger partial charge in [0.1, 0.15) is 0 Å². The van der Waals surface area contributed by atoms with E-state index in [0.717, 1.165) is 22.9 Å². The highest BCUT2D eigenvalue weighted by atomic mass is 32.2. The Labute approximate surface area is 111 Å². The monoisotopic (exact) mass is 273 g/mol. The average Bonchev–Trinajstić information content (AvgIpc) is 2.70. The van der Waals surface area contributed by atoms with E-state index in [9.17, 15) is 4.79 Å². The molecule has 1 amide bonds. The van der Waals surface area contributed by atoms with Gasteiger partial charge in [0.2, 0.25) is 5.91 Å². The summed E-state index contributed by atoms with van der Waals surface area (Å²) < 4.78 is 0. The molecule has 1 atom stereocenters. The lowest BCUT2D eigenvalue weighted by Gasteiger charge is -2.20.